The highest BCUT2D eigenvalue weighted by Crippen LogP contribution is 2.20. The van der Waals surface area contributed by atoms with Crippen molar-refractivity contribution < 1.29 is 14.3 Å². The number of nitrogens with one attached hydrogen (secondary N) is 1. The third-order valence-corrected chi connectivity index (χ3v) is 2.09. The second kappa shape index (κ2) is 5.80. The summed E-state index contributed by atoms with van der Waals surface area (Å²) in [6, 6.07) is 5.64. The van der Waals surface area contributed by atoms with Crippen LogP contribution in [0, 0.1) is 6.92 Å². The topological polar surface area (TPSA) is 47.6 Å². The molecule has 86 valence electrons. The van der Waals surface area contributed by atoms with Crippen LogP contribution in [0.5, 0.6) is 5.75 Å². The monoisotopic (exact) mass is 221 g/mol. The van der Waals surface area contributed by atoms with Crippen molar-refractivity contribution in [2.45, 2.75) is 6.92 Å². The highest BCUT2D eigenvalue weighted by atomic mass is 16.5. The fraction of sp³-hybridized carbons (Fsp3) is 0.250. The van der Waals surface area contributed by atoms with Gasteiger partial charge in [0.1, 0.15) is 5.75 Å². The van der Waals surface area contributed by atoms with E-state index in [1.807, 2.05) is 25.1 Å². The summed E-state index contributed by atoms with van der Waals surface area (Å²) in [6.07, 6.45) is 2.87. The maximum Gasteiger partial charge on any atom is 0.331 e. The van der Waals surface area contributed by atoms with Crippen LogP contribution in [0.1, 0.15) is 5.56 Å². The molecule has 0 bridgehead atoms. The van der Waals surface area contributed by atoms with E-state index >= 15 is 0 Å². The van der Waals surface area contributed by atoms with Gasteiger partial charge in [-0.25, -0.2) is 4.79 Å². The maximum atomic E-state index is 10.8. The molecule has 0 radical (unpaired) electrons. The van der Waals surface area contributed by atoms with Gasteiger partial charge in [-0.3, -0.25) is 0 Å². The number of aryl methyl sites for hydroxylation is 1. The fourth-order valence-corrected chi connectivity index (χ4v) is 1.19. The summed E-state index contributed by atoms with van der Waals surface area (Å²) in [5.74, 6) is 0.415. The van der Waals surface area contributed by atoms with Gasteiger partial charge >= 0.3 is 5.97 Å². The normalized spacial score (nSPS) is 10.2. The molecular weight excluding hydrogens is 206 g/mol. The van der Waals surface area contributed by atoms with E-state index in [9.17, 15) is 4.79 Å². The number of ether oxygens (including phenoxy) is 2. The summed E-state index contributed by atoms with van der Waals surface area (Å²) in [5.41, 5.74) is 1.95. The molecule has 0 saturated heterocycles. The van der Waals surface area contributed by atoms with Crippen LogP contribution in [0.3, 0.4) is 0 Å². The highest BCUT2D eigenvalue weighted by Gasteiger charge is 1.98. The Balaban J connectivity index is 2.68. The first kappa shape index (κ1) is 12.1. The lowest BCUT2D eigenvalue weighted by molar-refractivity contribution is -0.134. The standard InChI is InChI=1S/C12H15NO3/c1-9-8-10(15-2)4-5-11(9)13-7-6-12(14)16-3/h4-8,13H,1-3H3/b7-6+. The van der Waals surface area contributed by atoms with Gasteiger partial charge < -0.3 is 14.8 Å². The predicted molar refractivity (Wildman–Crippen MR) is 62.5 cm³/mol. The zero-order valence-corrected chi connectivity index (χ0v) is 9.61. The Kier molecular flexibility index (Phi) is 4.39. The Morgan fingerprint density at radius 2 is 2.12 bits per heavy atom. The summed E-state index contributed by atoms with van der Waals surface area (Å²) < 4.78 is 9.56. The van der Waals surface area contributed by atoms with Crippen molar-refractivity contribution in [2.24, 2.45) is 0 Å². The molecule has 0 fully saturated rings. The minimum atomic E-state index is -0.390. The van der Waals surface area contributed by atoms with E-state index in [1.165, 1.54) is 13.2 Å². The molecule has 0 aliphatic heterocycles. The molecule has 0 amide bonds. The number of carbonyl (C=O) groups excluding carboxylic acids is 1. The van der Waals surface area contributed by atoms with Crippen LogP contribution in [0.2, 0.25) is 0 Å². The highest BCUT2D eigenvalue weighted by molar-refractivity contribution is 5.82. The van der Waals surface area contributed by atoms with Gasteiger partial charge in [0, 0.05) is 18.0 Å². The maximum absolute atomic E-state index is 10.8. The van der Waals surface area contributed by atoms with Gasteiger partial charge in [-0.2, -0.15) is 0 Å². The summed E-state index contributed by atoms with van der Waals surface area (Å²) >= 11 is 0. The SMILES string of the molecule is COC(=O)/C=C/Nc1ccc(OC)cc1C. The van der Waals surface area contributed by atoms with Gasteiger partial charge in [0.25, 0.3) is 0 Å². The van der Waals surface area contributed by atoms with Crippen molar-refractivity contribution in [1.82, 2.24) is 0 Å². The first-order valence-electron chi connectivity index (χ1n) is 4.83. The van der Waals surface area contributed by atoms with E-state index in [1.54, 1.807) is 13.3 Å². The zero-order valence-electron chi connectivity index (χ0n) is 9.61. The number of rotatable bonds is 4. The van der Waals surface area contributed by atoms with E-state index in [0.29, 0.717) is 0 Å². The Labute approximate surface area is 94.9 Å². The molecule has 0 aromatic heterocycles. The molecule has 1 aromatic rings. The largest absolute Gasteiger partial charge is 0.497 e. The van der Waals surface area contributed by atoms with Crippen LogP contribution in [-0.4, -0.2) is 20.2 Å². The molecule has 1 aromatic carbocycles. The van der Waals surface area contributed by atoms with Crippen LogP contribution in [-0.2, 0) is 9.53 Å². The lowest BCUT2D eigenvalue weighted by Crippen LogP contribution is -1.97. The minimum absolute atomic E-state index is 0.390. The van der Waals surface area contributed by atoms with Crippen molar-refractivity contribution >= 4 is 11.7 Å². The van der Waals surface area contributed by atoms with E-state index in [4.69, 9.17) is 4.74 Å². The minimum Gasteiger partial charge on any atom is -0.497 e. The van der Waals surface area contributed by atoms with E-state index in [0.717, 1.165) is 17.0 Å². The van der Waals surface area contributed by atoms with Crippen LogP contribution < -0.4 is 10.1 Å². The van der Waals surface area contributed by atoms with Crippen LogP contribution >= 0.6 is 0 Å². The van der Waals surface area contributed by atoms with Gasteiger partial charge in [0.05, 0.1) is 14.2 Å². The number of methoxy groups -OCH3 is 2. The molecular formula is C12H15NO3. The van der Waals surface area contributed by atoms with Gasteiger partial charge in [-0.1, -0.05) is 0 Å². The van der Waals surface area contributed by atoms with Crippen LogP contribution in [0.25, 0.3) is 0 Å². The number of hydrogen-bond donors (Lipinski definition) is 1. The average molecular weight is 221 g/mol. The van der Waals surface area contributed by atoms with E-state index < -0.39 is 5.97 Å². The van der Waals surface area contributed by atoms with Gasteiger partial charge in [-0.15, -0.1) is 0 Å². The Hall–Kier alpha value is -1.97. The molecule has 0 saturated carbocycles. The Morgan fingerprint density at radius 3 is 2.69 bits per heavy atom. The van der Waals surface area contributed by atoms with Gasteiger partial charge in [0.2, 0.25) is 0 Å². The Morgan fingerprint density at radius 1 is 1.38 bits per heavy atom. The van der Waals surface area contributed by atoms with E-state index in [2.05, 4.69) is 10.1 Å². The Bertz CT molecular complexity index is 399. The number of carbonyl (C=O) groups is 1. The molecule has 1 N–H and O–H groups in total. The lowest BCUT2D eigenvalue weighted by Gasteiger charge is -2.07. The number of anilines is 1. The molecule has 16 heavy (non-hydrogen) atoms. The quantitative estimate of drug-likeness (QED) is 0.624. The lowest BCUT2D eigenvalue weighted by atomic mass is 10.2. The van der Waals surface area contributed by atoms with Crippen molar-refractivity contribution in [3.05, 3.63) is 36.0 Å². The summed E-state index contributed by atoms with van der Waals surface area (Å²) in [4.78, 5) is 10.8. The third-order valence-electron chi connectivity index (χ3n) is 2.09. The third kappa shape index (κ3) is 3.31. The molecule has 4 nitrogen and oxygen atoms in total. The molecule has 0 aliphatic carbocycles. The summed E-state index contributed by atoms with van der Waals surface area (Å²) in [7, 11) is 2.96. The number of hydrogen-bond acceptors (Lipinski definition) is 4. The van der Waals surface area contributed by atoms with Crippen LogP contribution in [0.4, 0.5) is 5.69 Å². The van der Waals surface area contributed by atoms with Gasteiger partial charge in [0.15, 0.2) is 0 Å². The van der Waals surface area contributed by atoms with Gasteiger partial charge in [-0.05, 0) is 30.7 Å². The second-order valence-corrected chi connectivity index (χ2v) is 3.18. The summed E-state index contributed by atoms with van der Waals surface area (Å²) in [5, 5.41) is 2.99. The summed E-state index contributed by atoms with van der Waals surface area (Å²) in [6.45, 7) is 1.96. The second-order valence-electron chi connectivity index (χ2n) is 3.18. The van der Waals surface area contributed by atoms with Crippen molar-refractivity contribution in [3.8, 4) is 5.75 Å². The van der Waals surface area contributed by atoms with E-state index in [-0.39, 0.29) is 0 Å². The number of esters is 1. The predicted octanol–water partition coefficient (Wildman–Crippen LogP) is 2.10. The average Bonchev–Trinajstić information content (AvgIpc) is 2.30. The molecule has 0 atom stereocenters. The molecule has 0 heterocycles. The molecule has 0 unspecified atom stereocenters. The van der Waals surface area contributed by atoms with Crippen molar-refractivity contribution in [1.29, 1.82) is 0 Å². The van der Waals surface area contributed by atoms with Crippen molar-refractivity contribution in [3.63, 3.8) is 0 Å². The zero-order chi connectivity index (χ0) is 12.0. The van der Waals surface area contributed by atoms with Crippen molar-refractivity contribution in [2.75, 3.05) is 19.5 Å². The fourth-order valence-electron chi connectivity index (χ4n) is 1.19. The molecule has 4 heteroatoms. The molecule has 0 spiro atoms. The number of benzene rings is 1. The molecule has 1 rings (SSSR count). The first-order chi connectivity index (χ1) is 7.67. The molecule has 0 aliphatic rings. The smallest absolute Gasteiger partial charge is 0.331 e. The van der Waals surface area contributed by atoms with Crippen LogP contribution in [0.15, 0.2) is 30.5 Å². The first-order valence-corrected chi connectivity index (χ1v) is 4.83.